The predicted octanol–water partition coefficient (Wildman–Crippen LogP) is 3.52. The van der Waals surface area contributed by atoms with Crippen LogP contribution >= 0.6 is 0 Å². The van der Waals surface area contributed by atoms with Gasteiger partial charge in [0, 0.05) is 65.6 Å². The Balaban J connectivity index is 1.44. The number of aromatic nitrogens is 3. The highest BCUT2D eigenvalue weighted by Crippen LogP contribution is 2.39. The molecule has 2 fully saturated rings. The number of hydrogen-bond acceptors (Lipinski definition) is 8. The highest BCUT2D eigenvalue weighted by Gasteiger charge is 2.40. The van der Waals surface area contributed by atoms with Gasteiger partial charge in [0.1, 0.15) is 5.82 Å². The maximum atomic E-state index is 12.7. The molecule has 0 aliphatic carbocycles. The van der Waals surface area contributed by atoms with Crippen LogP contribution in [0.3, 0.4) is 0 Å². The van der Waals surface area contributed by atoms with Gasteiger partial charge in [0.15, 0.2) is 5.65 Å². The number of hydrogen-bond donors (Lipinski definition) is 2. The molecular weight excluding hydrogens is 478 g/mol. The van der Waals surface area contributed by atoms with Crippen molar-refractivity contribution in [3.05, 3.63) is 57.9 Å². The zero-order chi connectivity index (χ0) is 26.9. The molecule has 0 amide bonds. The number of nitrogens with one attached hydrogen (secondary N) is 2. The largest absolute Gasteiger partial charge is 0.381 e. The minimum Gasteiger partial charge on any atom is -0.381 e. The van der Waals surface area contributed by atoms with Gasteiger partial charge in [0.05, 0.1) is 17.0 Å². The summed E-state index contributed by atoms with van der Waals surface area (Å²) in [5.41, 5.74) is 3.17. The van der Waals surface area contributed by atoms with Crippen LogP contribution in [0.25, 0.3) is 11.0 Å². The van der Waals surface area contributed by atoms with Gasteiger partial charge in [-0.15, -0.1) is 0 Å². The summed E-state index contributed by atoms with van der Waals surface area (Å²) < 4.78 is 7.50. The molecule has 9 nitrogen and oxygen atoms in total. The lowest BCUT2D eigenvalue weighted by molar-refractivity contribution is -0.0373. The second kappa shape index (κ2) is 11.0. The zero-order valence-electron chi connectivity index (χ0n) is 23.3. The van der Waals surface area contributed by atoms with Crippen molar-refractivity contribution in [2.75, 3.05) is 63.7 Å². The molecule has 3 aromatic rings. The summed E-state index contributed by atoms with van der Waals surface area (Å²) in [4.78, 5) is 26.9. The Bertz CT molecular complexity index is 1310. The van der Waals surface area contributed by atoms with Crippen LogP contribution in [-0.2, 0) is 10.3 Å². The zero-order valence-corrected chi connectivity index (χ0v) is 23.3. The fourth-order valence-corrected chi connectivity index (χ4v) is 5.97. The highest BCUT2D eigenvalue weighted by atomic mass is 16.5. The number of nitrogens with zero attached hydrogens (tertiary/aromatic N) is 5. The molecule has 204 valence electrons. The predicted molar refractivity (Wildman–Crippen MR) is 153 cm³/mol. The van der Waals surface area contributed by atoms with Crippen molar-refractivity contribution >= 4 is 22.8 Å². The first-order chi connectivity index (χ1) is 18.3. The van der Waals surface area contributed by atoms with Gasteiger partial charge in [0.2, 0.25) is 5.95 Å². The summed E-state index contributed by atoms with van der Waals surface area (Å²) in [6.45, 7) is 11.9. The van der Waals surface area contributed by atoms with Gasteiger partial charge in [-0.25, -0.2) is 0 Å². The Morgan fingerprint density at radius 2 is 1.68 bits per heavy atom. The molecule has 4 heterocycles. The molecule has 0 unspecified atom stereocenters. The van der Waals surface area contributed by atoms with Crippen LogP contribution < -0.4 is 21.1 Å². The molecule has 0 radical (unpaired) electrons. The number of rotatable bonds is 7. The van der Waals surface area contributed by atoms with Gasteiger partial charge in [0.25, 0.3) is 5.56 Å². The molecule has 2 aromatic heterocycles. The molecule has 38 heavy (non-hydrogen) atoms. The molecule has 2 saturated heterocycles. The minimum atomic E-state index is -0.0583. The van der Waals surface area contributed by atoms with Crippen LogP contribution in [-0.4, -0.2) is 72.9 Å². The molecule has 9 heteroatoms. The normalized spacial score (nSPS) is 19.0. The maximum absolute atomic E-state index is 12.7. The molecular formula is C29H41N7O2. The van der Waals surface area contributed by atoms with E-state index in [0.717, 1.165) is 63.4 Å². The smallest absolute Gasteiger partial charge is 0.252 e. The van der Waals surface area contributed by atoms with Gasteiger partial charge in [-0.1, -0.05) is 24.3 Å². The number of pyridine rings is 1. The Labute approximate surface area is 225 Å². The quantitative estimate of drug-likeness (QED) is 0.490. The SMILES string of the molecule is CC(C)n1c(=O)ccc2c(N(C)C)nc(N[C@@H](C)c3ccc(C4(N5CCNCC5)CCOCC4)cc3)nc21. The highest BCUT2D eigenvalue weighted by molar-refractivity contribution is 5.88. The van der Waals surface area contributed by atoms with Gasteiger partial charge in [-0.05, 0) is 50.8 Å². The first-order valence-corrected chi connectivity index (χ1v) is 13.8. The molecule has 2 N–H and O–H groups in total. The van der Waals surface area contributed by atoms with Gasteiger partial charge >= 0.3 is 0 Å². The van der Waals surface area contributed by atoms with E-state index in [-0.39, 0.29) is 23.2 Å². The van der Waals surface area contributed by atoms with Gasteiger partial charge in [-0.2, -0.15) is 9.97 Å². The van der Waals surface area contributed by atoms with E-state index in [1.165, 1.54) is 11.1 Å². The number of anilines is 2. The van der Waals surface area contributed by atoms with Gasteiger partial charge < -0.3 is 20.3 Å². The summed E-state index contributed by atoms with van der Waals surface area (Å²) >= 11 is 0. The Hall–Kier alpha value is -3.01. The van der Waals surface area contributed by atoms with E-state index in [2.05, 4.69) is 46.7 Å². The summed E-state index contributed by atoms with van der Waals surface area (Å²) in [7, 11) is 3.92. The van der Waals surface area contributed by atoms with Crippen LogP contribution in [0.5, 0.6) is 0 Å². The first-order valence-electron chi connectivity index (χ1n) is 13.8. The van der Waals surface area contributed by atoms with Gasteiger partial charge in [-0.3, -0.25) is 14.3 Å². The second-order valence-electron chi connectivity index (χ2n) is 11.0. The van der Waals surface area contributed by atoms with Crippen molar-refractivity contribution in [1.82, 2.24) is 24.8 Å². The van der Waals surface area contributed by atoms with Crippen LogP contribution in [0, 0.1) is 0 Å². The lowest BCUT2D eigenvalue weighted by Crippen LogP contribution is -2.56. The molecule has 2 aliphatic rings. The van der Waals surface area contributed by atoms with Crippen LogP contribution in [0.1, 0.15) is 56.8 Å². The lowest BCUT2D eigenvalue weighted by Gasteiger charge is -2.48. The van der Waals surface area contributed by atoms with Crippen molar-refractivity contribution in [3.63, 3.8) is 0 Å². The fourth-order valence-electron chi connectivity index (χ4n) is 5.97. The van der Waals surface area contributed by atoms with Crippen molar-refractivity contribution in [3.8, 4) is 0 Å². The van der Waals surface area contributed by atoms with E-state index < -0.39 is 0 Å². The first kappa shape index (κ1) is 26.6. The fraction of sp³-hybridized carbons (Fsp3) is 0.552. The third-order valence-corrected chi connectivity index (χ3v) is 8.04. The Morgan fingerprint density at radius 1 is 1.00 bits per heavy atom. The summed E-state index contributed by atoms with van der Waals surface area (Å²) in [6.07, 6.45) is 2.05. The maximum Gasteiger partial charge on any atom is 0.252 e. The minimum absolute atomic E-state index is 0.00993. The summed E-state index contributed by atoms with van der Waals surface area (Å²) in [6, 6.07) is 12.4. The average Bonchev–Trinajstić information content (AvgIpc) is 2.93. The molecule has 1 aromatic carbocycles. The summed E-state index contributed by atoms with van der Waals surface area (Å²) in [5, 5.41) is 7.85. The standard InChI is InChI=1S/C29H41N7O2/c1-20(2)36-25(37)11-10-24-26(34(4)5)32-28(33-27(24)36)31-21(3)22-6-8-23(9-7-22)29(12-18-38-19-13-29)35-16-14-30-15-17-35/h6-11,20-21,30H,12-19H2,1-5H3,(H,31,32,33)/t21-/m0/s1. The number of benzene rings is 1. The van der Waals surface area contributed by atoms with E-state index >= 15 is 0 Å². The Kier molecular flexibility index (Phi) is 7.70. The van der Waals surface area contributed by atoms with Crippen LogP contribution in [0.2, 0.25) is 0 Å². The number of fused-ring (bicyclic) bond motifs is 1. The topological polar surface area (TPSA) is 87.6 Å². The summed E-state index contributed by atoms with van der Waals surface area (Å²) in [5.74, 6) is 1.30. The van der Waals surface area contributed by atoms with Crippen molar-refractivity contribution < 1.29 is 4.74 Å². The second-order valence-corrected chi connectivity index (χ2v) is 11.0. The molecule has 2 aliphatic heterocycles. The number of piperazine rings is 1. The molecule has 0 saturated carbocycles. The third kappa shape index (κ3) is 5.02. The van der Waals surface area contributed by atoms with E-state index in [9.17, 15) is 4.79 Å². The third-order valence-electron chi connectivity index (χ3n) is 8.04. The molecule has 1 atom stereocenters. The van der Waals surface area contributed by atoms with Crippen molar-refractivity contribution in [2.24, 2.45) is 0 Å². The average molecular weight is 520 g/mol. The van der Waals surface area contributed by atoms with E-state index in [1.807, 2.05) is 38.9 Å². The van der Waals surface area contributed by atoms with E-state index in [0.29, 0.717) is 11.6 Å². The van der Waals surface area contributed by atoms with Crippen molar-refractivity contribution in [2.45, 2.75) is 51.2 Å². The lowest BCUT2D eigenvalue weighted by atomic mass is 9.80. The molecule has 0 spiro atoms. The monoisotopic (exact) mass is 519 g/mol. The van der Waals surface area contributed by atoms with Crippen LogP contribution in [0.15, 0.2) is 41.2 Å². The van der Waals surface area contributed by atoms with E-state index in [1.54, 1.807) is 10.6 Å². The van der Waals surface area contributed by atoms with E-state index in [4.69, 9.17) is 14.7 Å². The molecule has 0 bridgehead atoms. The Morgan fingerprint density at radius 3 is 2.32 bits per heavy atom. The molecule has 5 rings (SSSR count). The number of ether oxygens (including phenoxy) is 1. The van der Waals surface area contributed by atoms with Crippen LogP contribution in [0.4, 0.5) is 11.8 Å². The van der Waals surface area contributed by atoms with Crippen molar-refractivity contribution in [1.29, 1.82) is 0 Å².